The number of rotatable bonds is 3. The zero-order valence-electron chi connectivity index (χ0n) is 16.3. The van der Waals surface area contributed by atoms with Crippen LogP contribution in [0.5, 0.6) is 0 Å². The van der Waals surface area contributed by atoms with Crippen LogP contribution in [0.15, 0.2) is 30.3 Å². The number of carbonyl (C=O) groups excluding carboxylic acids is 1. The smallest absolute Gasteiger partial charge is 0.255 e. The number of piperazine rings is 1. The van der Waals surface area contributed by atoms with Crippen molar-refractivity contribution in [3.05, 3.63) is 45.2 Å². The molecule has 0 aliphatic carbocycles. The summed E-state index contributed by atoms with van der Waals surface area (Å²) in [5.41, 5.74) is 1.80. The van der Waals surface area contributed by atoms with E-state index in [-0.39, 0.29) is 5.91 Å². The second kappa shape index (κ2) is 8.63. The topological polar surface area (TPSA) is 52.6 Å². The molecule has 1 aromatic carbocycles. The number of benzene rings is 1. The lowest BCUT2D eigenvalue weighted by Gasteiger charge is -2.36. The van der Waals surface area contributed by atoms with Crippen molar-refractivity contribution in [1.82, 2.24) is 14.9 Å². The molecule has 2 aliphatic rings. The average molecular weight is 491 g/mol. The highest BCUT2D eigenvalue weighted by Crippen LogP contribution is 2.22. The van der Waals surface area contributed by atoms with E-state index in [9.17, 15) is 4.79 Å². The fraction of sp³-hybridized carbons (Fsp3) is 0.476. The van der Waals surface area contributed by atoms with Gasteiger partial charge in [-0.1, -0.05) is 12.1 Å². The molecule has 0 radical (unpaired) electrons. The molecule has 6 nitrogen and oxygen atoms in total. The van der Waals surface area contributed by atoms with Gasteiger partial charge < -0.3 is 14.7 Å². The van der Waals surface area contributed by atoms with Crippen LogP contribution in [0.1, 0.15) is 35.3 Å². The van der Waals surface area contributed by atoms with E-state index >= 15 is 0 Å². The van der Waals surface area contributed by atoms with Crippen molar-refractivity contribution in [2.75, 3.05) is 49.1 Å². The highest BCUT2D eigenvalue weighted by Gasteiger charge is 2.25. The molecule has 0 atom stereocenters. The van der Waals surface area contributed by atoms with Gasteiger partial charge in [0.15, 0.2) is 0 Å². The van der Waals surface area contributed by atoms with Crippen molar-refractivity contribution in [3.8, 4) is 0 Å². The molecule has 2 aromatic rings. The highest BCUT2D eigenvalue weighted by molar-refractivity contribution is 14.1. The second-order valence-electron chi connectivity index (χ2n) is 7.47. The minimum Gasteiger partial charge on any atom is -0.353 e. The predicted octanol–water partition coefficient (Wildman–Crippen LogP) is 3.34. The number of aromatic nitrogens is 2. The Labute approximate surface area is 180 Å². The second-order valence-corrected chi connectivity index (χ2v) is 8.64. The van der Waals surface area contributed by atoms with E-state index in [1.54, 1.807) is 0 Å². The Morgan fingerprint density at radius 1 is 0.929 bits per heavy atom. The Hall–Kier alpha value is -1.90. The number of halogens is 1. The minimum absolute atomic E-state index is 0.123. The Morgan fingerprint density at radius 3 is 2.36 bits per heavy atom. The van der Waals surface area contributed by atoms with Gasteiger partial charge in [0.2, 0.25) is 5.95 Å². The van der Waals surface area contributed by atoms with Gasteiger partial charge in [-0.2, -0.15) is 4.98 Å². The summed E-state index contributed by atoms with van der Waals surface area (Å²) in [5, 5.41) is 0. The van der Waals surface area contributed by atoms with Crippen molar-refractivity contribution in [2.24, 2.45) is 0 Å². The molecule has 28 heavy (non-hydrogen) atoms. The molecular weight excluding hydrogens is 465 g/mol. The van der Waals surface area contributed by atoms with Crippen LogP contribution in [-0.4, -0.2) is 60.0 Å². The number of carbonyl (C=O) groups is 1. The van der Waals surface area contributed by atoms with Gasteiger partial charge in [-0.05, 0) is 60.9 Å². The molecule has 2 fully saturated rings. The molecule has 1 aromatic heterocycles. The molecule has 0 spiro atoms. The fourth-order valence-electron chi connectivity index (χ4n) is 3.88. The summed E-state index contributed by atoms with van der Waals surface area (Å²) < 4.78 is 1.00. The van der Waals surface area contributed by atoms with Gasteiger partial charge in [0.25, 0.3) is 5.91 Å². The molecule has 1 amide bonds. The number of hydrogen-bond donors (Lipinski definition) is 0. The van der Waals surface area contributed by atoms with Gasteiger partial charge in [-0.3, -0.25) is 4.79 Å². The van der Waals surface area contributed by atoms with Crippen LogP contribution in [0.2, 0.25) is 0 Å². The Bertz CT molecular complexity index is 844. The van der Waals surface area contributed by atoms with E-state index in [1.807, 2.05) is 36.1 Å². The summed E-state index contributed by atoms with van der Waals surface area (Å²) in [4.78, 5) is 28.9. The van der Waals surface area contributed by atoms with Crippen LogP contribution in [0, 0.1) is 10.5 Å². The monoisotopic (exact) mass is 491 g/mol. The van der Waals surface area contributed by atoms with Crippen LogP contribution in [-0.2, 0) is 0 Å². The average Bonchev–Trinajstić information content (AvgIpc) is 2.74. The quantitative estimate of drug-likeness (QED) is 0.617. The van der Waals surface area contributed by atoms with E-state index in [0.29, 0.717) is 13.1 Å². The summed E-state index contributed by atoms with van der Waals surface area (Å²) in [5.74, 6) is 1.96. The first kappa shape index (κ1) is 19.4. The van der Waals surface area contributed by atoms with Crippen molar-refractivity contribution in [2.45, 2.75) is 26.2 Å². The first-order chi connectivity index (χ1) is 13.6. The number of anilines is 2. The van der Waals surface area contributed by atoms with Gasteiger partial charge in [-0.15, -0.1) is 0 Å². The third kappa shape index (κ3) is 4.24. The molecule has 4 rings (SSSR count). The number of aryl methyl sites for hydroxylation is 1. The SMILES string of the molecule is Cc1cc(N2CCN(C(=O)c3ccccc3I)CC2)nc(N2CCCCC2)n1. The van der Waals surface area contributed by atoms with Crippen molar-refractivity contribution >= 4 is 40.3 Å². The zero-order valence-corrected chi connectivity index (χ0v) is 18.4. The normalized spacial score (nSPS) is 17.7. The lowest BCUT2D eigenvalue weighted by atomic mass is 10.1. The zero-order chi connectivity index (χ0) is 19.5. The van der Waals surface area contributed by atoms with Gasteiger partial charge in [0.05, 0.1) is 5.56 Å². The molecule has 2 saturated heterocycles. The molecule has 7 heteroatoms. The molecule has 0 unspecified atom stereocenters. The summed E-state index contributed by atoms with van der Waals surface area (Å²) in [7, 11) is 0. The van der Waals surface area contributed by atoms with Gasteiger partial charge in [0, 0.05) is 54.6 Å². The third-order valence-electron chi connectivity index (χ3n) is 5.46. The van der Waals surface area contributed by atoms with E-state index < -0.39 is 0 Å². The number of piperidine rings is 1. The first-order valence-electron chi connectivity index (χ1n) is 10.0. The highest BCUT2D eigenvalue weighted by atomic mass is 127. The maximum atomic E-state index is 12.8. The Morgan fingerprint density at radius 2 is 1.64 bits per heavy atom. The molecule has 2 aliphatic heterocycles. The predicted molar refractivity (Wildman–Crippen MR) is 120 cm³/mol. The Balaban J connectivity index is 1.44. The third-order valence-corrected chi connectivity index (χ3v) is 6.40. The lowest BCUT2D eigenvalue weighted by molar-refractivity contribution is 0.0745. The lowest BCUT2D eigenvalue weighted by Crippen LogP contribution is -2.49. The van der Waals surface area contributed by atoms with Gasteiger partial charge in [-0.25, -0.2) is 4.98 Å². The standard InChI is InChI=1S/C21H26IN5O/c1-16-15-19(24-21(23-16)27-9-5-2-6-10-27)25-11-13-26(14-12-25)20(28)17-7-3-4-8-18(17)22/h3-4,7-8,15H,2,5-6,9-14H2,1H3. The van der Waals surface area contributed by atoms with Crippen LogP contribution in [0.25, 0.3) is 0 Å². The van der Waals surface area contributed by atoms with E-state index in [1.165, 1.54) is 19.3 Å². The Kier molecular flexibility index (Phi) is 5.99. The van der Waals surface area contributed by atoms with Gasteiger partial charge in [0.1, 0.15) is 5.82 Å². The minimum atomic E-state index is 0.123. The molecule has 148 valence electrons. The number of nitrogens with zero attached hydrogens (tertiary/aromatic N) is 5. The van der Waals surface area contributed by atoms with Crippen LogP contribution in [0.3, 0.4) is 0 Å². The van der Waals surface area contributed by atoms with Crippen LogP contribution in [0.4, 0.5) is 11.8 Å². The molecule has 0 N–H and O–H groups in total. The van der Waals surface area contributed by atoms with Crippen molar-refractivity contribution in [1.29, 1.82) is 0 Å². The summed E-state index contributed by atoms with van der Waals surface area (Å²) in [6.45, 7) is 7.14. The number of hydrogen-bond acceptors (Lipinski definition) is 5. The first-order valence-corrected chi connectivity index (χ1v) is 11.1. The van der Waals surface area contributed by atoms with Gasteiger partial charge >= 0.3 is 0 Å². The van der Waals surface area contributed by atoms with Crippen molar-refractivity contribution in [3.63, 3.8) is 0 Å². The maximum Gasteiger partial charge on any atom is 0.255 e. The van der Waals surface area contributed by atoms with Crippen molar-refractivity contribution < 1.29 is 4.79 Å². The summed E-state index contributed by atoms with van der Waals surface area (Å²) in [6.07, 6.45) is 3.73. The molecule has 3 heterocycles. The van der Waals surface area contributed by atoms with E-state index in [2.05, 4.69) is 43.4 Å². The molecule has 0 bridgehead atoms. The maximum absolute atomic E-state index is 12.8. The molecule has 0 saturated carbocycles. The number of amides is 1. The fourth-order valence-corrected chi connectivity index (χ4v) is 4.50. The summed E-state index contributed by atoms with van der Waals surface area (Å²) in [6, 6.07) is 9.85. The van der Waals surface area contributed by atoms with Crippen LogP contribution < -0.4 is 9.80 Å². The molecular formula is C21H26IN5O. The summed E-state index contributed by atoms with van der Waals surface area (Å²) >= 11 is 2.23. The van der Waals surface area contributed by atoms with Crippen LogP contribution >= 0.6 is 22.6 Å². The largest absolute Gasteiger partial charge is 0.353 e. The van der Waals surface area contributed by atoms with E-state index in [4.69, 9.17) is 4.98 Å². The van der Waals surface area contributed by atoms with E-state index in [0.717, 1.165) is 52.8 Å².